The van der Waals surface area contributed by atoms with Gasteiger partial charge >= 0.3 is 0 Å². The van der Waals surface area contributed by atoms with E-state index in [0.717, 1.165) is 18.9 Å². The van der Waals surface area contributed by atoms with Crippen molar-refractivity contribution < 1.29 is 4.79 Å². The summed E-state index contributed by atoms with van der Waals surface area (Å²) in [4.78, 5) is 13.0. The van der Waals surface area contributed by atoms with Gasteiger partial charge in [-0.05, 0) is 45.3 Å². The minimum absolute atomic E-state index is 0.0907. The zero-order valence-corrected chi connectivity index (χ0v) is 10.7. The van der Waals surface area contributed by atoms with Crippen molar-refractivity contribution in [2.24, 2.45) is 5.92 Å². The van der Waals surface area contributed by atoms with Crippen LogP contribution in [-0.2, 0) is 4.79 Å². The fourth-order valence-electron chi connectivity index (χ4n) is 1.80. The average molecular weight is 214 g/mol. The van der Waals surface area contributed by atoms with E-state index < -0.39 is 0 Å². The Morgan fingerprint density at radius 3 is 2.33 bits per heavy atom. The fraction of sp³-hybridized carbons (Fsp3) is 0.917. The van der Waals surface area contributed by atoms with Crippen molar-refractivity contribution in [2.45, 2.75) is 40.0 Å². The molecule has 1 saturated heterocycles. The zero-order chi connectivity index (χ0) is 11.7. The first kappa shape index (κ1) is 14.4. The summed E-state index contributed by atoms with van der Waals surface area (Å²) >= 11 is 0. The Hall–Kier alpha value is -0.570. The molecule has 1 fully saturated rings. The number of amides is 1. The van der Waals surface area contributed by atoms with E-state index in [1.165, 1.54) is 25.9 Å². The summed E-state index contributed by atoms with van der Waals surface area (Å²) in [6, 6.07) is 0. The van der Waals surface area contributed by atoms with Crippen molar-refractivity contribution in [3.63, 3.8) is 0 Å². The molecule has 0 aromatic carbocycles. The molecule has 3 heteroatoms. The quantitative estimate of drug-likeness (QED) is 0.778. The Labute approximate surface area is 94.2 Å². The molecule has 0 saturated carbocycles. The molecule has 0 radical (unpaired) electrons. The molecule has 1 heterocycles. The number of nitrogens with zero attached hydrogens (tertiary/aromatic N) is 1. The van der Waals surface area contributed by atoms with Crippen molar-refractivity contribution in [3.05, 3.63) is 0 Å². The van der Waals surface area contributed by atoms with Gasteiger partial charge in [-0.25, -0.2) is 0 Å². The molecular formula is C12H26N2O. The minimum Gasteiger partial charge on any atom is -0.356 e. The van der Waals surface area contributed by atoms with Gasteiger partial charge in [-0.15, -0.1) is 0 Å². The second-order valence-corrected chi connectivity index (χ2v) is 4.02. The summed E-state index contributed by atoms with van der Waals surface area (Å²) < 4.78 is 0. The molecule has 0 unspecified atom stereocenters. The largest absolute Gasteiger partial charge is 0.356 e. The fourth-order valence-corrected chi connectivity index (χ4v) is 1.80. The molecule has 0 aliphatic carbocycles. The lowest BCUT2D eigenvalue weighted by Gasteiger charge is -2.28. The summed E-state index contributed by atoms with van der Waals surface area (Å²) in [5.74, 6) is 0.913. The number of piperidine rings is 1. The molecule has 0 atom stereocenters. The summed E-state index contributed by atoms with van der Waals surface area (Å²) in [6.07, 6.45) is 3.72. The Kier molecular flexibility index (Phi) is 8.38. The third kappa shape index (κ3) is 7.37. The Morgan fingerprint density at radius 2 is 1.87 bits per heavy atom. The molecule has 15 heavy (non-hydrogen) atoms. The van der Waals surface area contributed by atoms with E-state index in [1.54, 1.807) is 6.92 Å². The molecule has 1 amide bonds. The van der Waals surface area contributed by atoms with Crippen LogP contribution >= 0.6 is 0 Å². The SMILES string of the molecule is CC.CC(=O)NCCC1CCN(C)CC1. The lowest BCUT2D eigenvalue weighted by molar-refractivity contribution is -0.119. The van der Waals surface area contributed by atoms with Gasteiger partial charge in [0.05, 0.1) is 0 Å². The highest BCUT2D eigenvalue weighted by atomic mass is 16.1. The molecule has 1 aliphatic rings. The maximum absolute atomic E-state index is 10.6. The van der Waals surface area contributed by atoms with Gasteiger partial charge in [0.2, 0.25) is 5.91 Å². The first-order valence-electron chi connectivity index (χ1n) is 6.11. The monoisotopic (exact) mass is 214 g/mol. The highest BCUT2D eigenvalue weighted by Crippen LogP contribution is 2.18. The average Bonchev–Trinajstić information content (AvgIpc) is 2.23. The van der Waals surface area contributed by atoms with Crippen LogP contribution in [0.5, 0.6) is 0 Å². The number of hydrogen-bond acceptors (Lipinski definition) is 2. The van der Waals surface area contributed by atoms with Gasteiger partial charge in [-0.1, -0.05) is 13.8 Å². The van der Waals surface area contributed by atoms with Crippen LogP contribution in [0.2, 0.25) is 0 Å². The lowest BCUT2D eigenvalue weighted by Crippen LogP contribution is -2.32. The Bertz CT molecular complexity index is 163. The minimum atomic E-state index is 0.0907. The van der Waals surface area contributed by atoms with Crippen molar-refractivity contribution in [1.82, 2.24) is 10.2 Å². The van der Waals surface area contributed by atoms with E-state index >= 15 is 0 Å². The number of nitrogens with one attached hydrogen (secondary N) is 1. The standard InChI is InChI=1S/C10H20N2O.C2H6/c1-9(13)11-6-3-10-4-7-12(2)8-5-10;1-2/h10H,3-8H2,1-2H3,(H,11,13);1-2H3. The molecule has 0 bridgehead atoms. The van der Waals surface area contributed by atoms with Crippen molar-refractivity contribution in [3.8, 4) is 0 Å². The van der Waals surface area contributed by atoms with Crippen LogP contribution in [0.15, 0.2) is 0 Å². The molecule has 1 aliphatic heterocycles. The van der Waals surface area contributed by atoms with E-state index in [9.17, 15) is 4.79 Å². The van der Waals surface area contributed by atoms with Gasteiger partial charge < -0.3 is 10.2 Å². The summed E-state index contributed by atoms with van der Waals surface area (Å²) in [5, 5.41) is 2.85. The van der Waals surface area contributed by atoms with Crippen LogP contribution in [0, 0.1) is 5.92 Å². The van der Waals surface area contributed by atoms with Crippen LogP contribution in [0.4, 0.5) is 0 Å². The molecule has 0 spiro atoms. The van der Waals surface area contributed by atoms with Gasteiger partial charge in [0, 0.05) is 13.5 Å². The molecule has 90 valence electrons. The van der Waals surface area contributed by atoms with Crippen LogP contribution in [0.3, 0.4) is 0 Å². The number of carbonyl (C=O) groups is 1. The highest BCUT2D eigenvalue weighted by Gasteiger charge is 2.15. The molecule has 0 aromatic rings. The van der Waals surface area contributed by atoms with Crippen molar-refractivity contribution in [1.29, 1.82) is 0 Å². The molecule has 1 rings (SSSR count). The van der Waals surface area contributed by atoms with Gasteiger partial charge in [-0.3, -0.25) is 4.79 Å². The third-order valence-electron chi connectivity index (χ3n) is 2.76. The van der Waals surface area contributed by atoms with Crippen molar-refractivity contribution >= 4 is 5.91 Å². The van der Waals surface area contributed by atoms with Crippen LogP contribution in [0.25, 0.3) is 0 Å². The van der Waals surface area contributed by atoms with Crippen LogP contribution < -0.4 is 5.32 Å². The summed E-state index contributed by atoms with van der Waals surface area (Å²) in [6.45, 7) is 8.85. The predicted molar refractivity (Wildman–Crippen MR) is 64.9 cm³/mol. The van der Waals surface area contributed by atoms with Gasteiger partial charge in [0.1, 0.15) is 0 Å². The Balaban J connectivity index is 0.000000921. The van der Waals surface area contributed by atoms with E-state index in [-0.39, 0.29) is 5.91 Å². The molecular weight excluding hydrogens is 188 g/mol. The number of hydrogen-bond donors (Lipinski definition) is 1. The van der Waals surface area contributed by atoms with E-state index in [1.807, 2.05) is 13.8 Å². The maximum Gasteiger partial charge on any atom is 0.216 e. The maximum atomic E-state index is 10.6. The molecule has 3 nitrogen and oxygen atoms in total. The van der Waals surface area contributed by atoms with Crippen molar-refractivity contribution in [2.75, 3.05) is 26.7 Å². The topological polar surface area (TPSA) is 32.3 Å². The van der Waals surface area contributed by atoms with Crippen LogP contribution in [-0.4, -0.2) is 37.5 Å². The first-order valence-corrected chi connectivity index (χ1v) is 6.11. The van der Waals surface area contributed by atoms with E-state index in [2.05, 4.69) is 17.3 Å². The normalized spacial score (nSPS) is 17.9. The number of carbonyl (C=O) groups excluding carboxylic acids is 1. The number of likely N-dealkylation sites (tertiary alicyclic amines) is 1. The predicted octanol–water partition coefficient (Wildman–Crippen LogP) is 1.88. The highest BCUT2D eigenvalue weighted by molar-refractivity contribution is 5.72. The zero-order valence-electron chi connectivity index (χ0n) is 10.7. The van der Waals surface area contributed by atoms with Gasteiger partial charge in [0.15, 0.2) is 0 Å². The summed E-state index contributed by atoms with van der Waals surface area (Å²) in [7, 11) is 2.17. The summed E-state index contributed by atoms with van der Waals surface area (Å²) in [5.41, 5.74) is 0. The van der Waals surface area contributed by atoms with E-state index in [0.29, 0.717) is 0 Å². The van der Waals surface area contributed by atoms with E-state index in [4.69, 9.17) is 0 Å². The first-order chi connectivity index (χ1) is 7.18. The number of rotatable bonds is 3. The molecule has 0 aromatic heterocycles. The van der Waals surface area contributed by atoms with Gasteiger partial charge in [-0.2, -0.15) is 0 Å². The molecule has 1 N–H and O–H groups in total. The third-order valence-corrected chi connectivity index (χ3v) is 2.76. The second-order valence-electron chi connectivity index (χ2n) is 4.02. The van der Waals surface area contributed by atoms with Gasteiger partial charge in [0.25, 0.3) is 0 Å². The second kappa shape index (κ2) is 8.72. The Morgan fingerprint density at radius 1 is 1.33 bits per heavy atom. The smallest absolute Gasteiger partial charge is 0.216 e. The van der Waals surface area contributed by atoms with Crippen LogP contribution in [0.1, 0.15) is 40.0 Å². The lowest BCUT2D eigenvalue weighted by atomic mass is 9.94.